The van der Waals surface area contributed by atoms with Gasteiger partial charge in [-0.3, -0.25) is 9.78 Å². The van der Waals surface area contributed by atoms with E-state index in [0.717, 1.165) is 68.7 Å². The van der Waals surface area contributed by atoms with Crippen molar-refractivity contribution < 1.29 is 9.52 Å². The molecule has 1 atom stereocenters. The minimum atomic E-state index is 0.111. The molecule has 0 radical (unpaired) electrons. The van der Waals surface area contributed by atoms with Crippen LogP contribution in [0.5, 0.6) is 0 Å². The molecule has 5 rings (SSSR count). The average molecular weight is 606 g/mol. The number of hydrogen-bond donors (Lipinski definition) is 0. The Labute approximate surface area is 221 Å². The van der Waals surface area contributed by atoms with Gasteiger partial charge >= 0.3 is 0 Å². The minimum absolute atomic E-state index is 0.111. The number of carbonyl (C=O) groups excluding carboxylic acids is 1. The van der Waals surface area contributed by atoms with Crippen LogP contribution in [-0.4, -0.2) is 28.9 Å². The summed E-state index contributed by atoms with van der Waals surface area (Å²) in [6.45, 7) is 1.45. The predicted octanol–water partition coefficient (Wildman–Crippen LogP) is 5.61. The molecule has 2 aromatic heterocycles. The van der Waals surface area contributed by atoms with E-state index in [-0.39, 0.29) is 11.8 Å². The second-order valence-electron chi connectivity index (χ2n) is 9.07. The summed E-state index contributed by atoms with van der Waals surface area (Å²) in [6, 6.07) is 9.76. The van der Waals surface area contributed by atoms with Crippen LogP contribution in [0.3, 0.4) is 0 Å². The molecule has 0 bridgehead atoms. The molecule has 1 fully saturated rings. The van der Waals surface area contributed by atoms with Gasteiger partial charge in [-0.15, -0.1) is 0 Å². The van der Waals surface area contributed by atoms with E-state index in [1.54, 1.807) is 12.1 Å². The Hall–Kier alpha value is -1.96. The van der Waals surface area contributed by atoms with Crippen molar-refractivity contribution in [2.24, 2.45) is 5.92 Å². The molecule has 3 aromatic rings. The lowest BCUT2D eigenvalue weighted by atomic mass is 9.76. The fourth-order valence-electron chi connectivity index (χ4n) is 5.34. The highest BCUT2D eigenvalue weighted by molar-refractivity contribution is 9.10. The number of likely N-dealkylation sites (tertiary alicyclic amines) is 1. The lowest BCUT2D eigenvalue weighted by Gasteiger charge is -2.37. The van der Waals surface area contributed by atoms with E-state index < -0.39 is 0 Å². The van der Waals surface area contributed by atoms with Gasteiger partial charge in [-0.05, 0) is 97.8 Å². The van der Waals surface area contributed by atoms with Gasteiger partial charge in [0.1, 0.15) is 0 Å². The minimum Gasteiger partial charge on any atom is -0.619 e. The molecule has 8 heteroatoms. The monoisotopic (exact) mass is 603 g/mol. The fourth-order valence-corrected chi connectivity index (χ4v) is 6.45. The van der Waals surface area contributed by atoms with E-state index in [4.69, 9.17) is 16.6 Å². The first-order valence-corrected chi connectivity index (χ1v) is 13.4. The van der Waals surface area contributed by atoms with Crippen molar-refractivity contribution in [2.45, 2.75) is 38.0 Å². The highest BCUT2D eigenvalue weighted by atomic mass is 79.9. The van der Waals surface area contributed by atoms with Crippen molar-refractivity contribution in [3.8, 4) is 0 Å². The van der Waals surface area contributed by atoms with E-state index in [0.29, 0.717) is 12.3 Å². The van der Waals surface area contributed by atoms with Crippen molar-refractivity contribution >= 4 is 49.4 Å². The Kier molecular flexibility index (Phi) is 6.96. The predicted molar refractivity (Wildman–Crippen MR) is 139 cm³/mol. The van der Waals surface area contributed by atoms with Gasteiger partial charge in [-0.1, -0.05) is 17.7 Å². The van der Waals surface area contributed by atoms with Crippen molar-refractivity contribution in [1.29, 1.82) is 0 Å². The lowest BCUT2D eigenvalue weighted by molar-refractivity contribution is -0.605. The zero-order chi connectivity index (χ0) is 23.8. The summed E-state index contributed by atoms with van der Waals surface area (Å²) < 4.78 is 2.72. The topological polar surface area (TPSA) is 60.1 Å². The maximum Gasteiger partial charge on any atom is 0.226 e. The number of fused-ring (bicyclic) bond motifs is 2. The Morgan fingerprint density at radius 2 is 1.88 bits per heavy atom. The summed E-state index contributed by atoms with van der Waals surface area (Å²) in [4.78, 5) is 19.8. The van der Waals surface area contributed by atoms with Crippen LogP contribution < -0.4 is 4.73 Å². The first-order valence-electron chi connectivity index (χ1n) is 11.5. The van der Waals surface area contributed by atoms with Crippen LogP contribution >= 0.6 is 43.5 Å². The Morgan fingerprint density at radius 1 is 1.15 bits per heavy atom. The molecular formula is C26H24Br2ClN3O2. The third-order valence-corrected chi connectivity index (χ3v) is 8.95. The number of halogens is 3. The molecule has 1 saturated heterocycles. The second kappa shape index (κ2) is 9.96. The van der Waals surface area contributed by atoms with Gasteiger partial charge in [0.25, 0.3) is 0 Å². The number of nitrogens with zero attached hydrogens (tertiary/aromatic N) is 3. The van der Waals surface area contributed by atoms with Crippen LogP contribution in [0.2, 0.25) is 5.02 Å². The molecule has 0 N–H and O–H groups in total. The summed E-state index contributed by atoms with van der Waals surface area (Å²) in [7, 11) is 0. The number of aromatic nitrogens is 2. The van der Waals surface area contributed by atoms with Gasteiger partial charge in [-0.25, -0.2) is 0 Å². The smallest absolute Gasteiger partial charge is 0.226 e. The van der Waals surface area contributed by atoms with Gasteiger partial charge in [0.15, 0.2) is 12.4 Å². The molecule has 1 amide bonds. The summed E-state index contributed by atoms with van der Waals surface area (Å²) in [5, 5.41) is 12.0. The average Bonchev–Trinajstić information content (AvgIpc) is 3.00. The standard InChI is InChI=1S/C26H24Br2ClN3O2/c27-19-14-18-1-2-21-20(3-4-22(29)25(21)28)24(26(18)30-15-19)17-7-9-31(10-8-17)23(33)13-16-5-11-32(34)12-6-16/h3-6,11-12,14-15,17,24H,1-2,7-10,13H2/t24-/m1/s1. The lowest BCUT2D eigenvalue weighted by Crippen LogP contribution is -2.41. The quantitative estimate of drug-likeness (QED) is 0.288. The van der Waals surface area contributed by atoms with Crippen LogP contribution in [0.1, 0.15) is 46.7 Å². The Balaban J connectivity index is 1.39. The maximum atomic E-state index is 12.9. The molecule has 0 spiro atoms. The molecule has 1 aromatic carbocycles. The van der Waals surface area contributed by atoms with E-state index in [2.05, 4.69) is 44.0 Å². The number of pyridine rings is 2. The number of benzene rings is 1. The summed E-state index contributed by atoms with van der Waals surface area (Å²) in [6.07, 6.45) is 8.76. The van der Waals surface area contributed by atoms with Crippen molar-refractivity contribution in [1.82, 2.24) is 9.88 Å². The first kappa shape index (κ1) is 23.8. The molecule has 1 aliphatic heterocycles. The highest BCUT2D eigenvalue weighted by Gasteiger charge is 2.35. The molecule has 0 unspecified atom stereocenters. The van der Waals surface area contributed by atoms with Crippen molar-refractivity contribution in [3.05, 3.63) is 96.0 Å². The highest BCUT2D eigenvalue weighted by Crippen LogP contribution is 2.45. The van der Waals surface area contributed by atoms with Gasteiger partial charge < -0.3 is 10.1 Å². The SMILES string of the molecule is O=C(Cc1cc[n+]([O-])cc1)N1CCC([C@@H]2c3ccc(Cl)c(Br)c3CCc3cc(Br)cnc32)CC1. The van der Waals surface area contributed by atoms with Crippen molar-refractivity contribution in [2.75, 3.05) is 13.1 Å². The molecule has 2 aliphatic rings. The van der Waals surface area contributed by atoms with Crippen LogP contribution in [0.25, 0.3) is 0 Å². The molecule has 3 heterocycles. The van der Waals surface area contributed by atoms with Gasteiger partial charge in [0, 0.05) is 46.3 Å². The van der Waals surface area contributed by atoms with E-state index in [1.165, 1.54) is 29.1 Å². The number of carbonyl (C=O) groups is 1. The van der Waals surface area contributed by atoms with Crippen LogP contribution in [0.4, 0.5) is 0 Å². The number of amides is 1. The fraction of sp³-hybridized carbons (Fsp3) is 0.346. The summed E-state index contributed by atoms with van der Waals surface area (Å²) >= 11 is 13.8. The zero-order valence-corrected chi connectivity index (χ0v) is 22.4. The van der Waals surface area contributed by atoms with E-state index >= 15 is 0 Å². The van der Waals surface area contributed by atoms with E-state index in [1.807, 2.05) is 17.2 Å². The number of aryl methyl sites for hydroxylation is 1. The number of hydrogen-bond acceptors (Lipinski definition) is 3. The normalized spacial score (nSPS) is 18.2. The summed E-state index contributed by atoms with van der Waals surface area (Å²) in [5.41, 5.74) is 5.85. The van der Waals surface area contributed by atoms with Crippen LogP contribution in [0.15, 0.2) is 57.9 Å². The number of piperidine rings is 1. The van der Waals surface area contributed by atoms with Gasteiger partial charge in [0.05, 0.1) is 17.1 Å². The molecule has 1 aliphatic carbocycles. The Morgan fingerprint density at radius 3 is 2.62 bits per heavy atom. The molecular weight excluding hydrogens is 582 g/mol. The van der Waals surface area contributed by atoms with Crippen molar-refractivity contribution in [3.63, 3.8) is 0 Å². The summed E-state index contributed by atoms with van der Waals surface area (Å²) in [5.74, 6) is 0.672. The molecule has 176 valence electrons. The second-order valence-corrected chi connectivity index (χ2v) is 11.2. The third kappa shape index (κ3) is 4.75. The third-order valence-electron chi connectivity index (χ3n) is 7.06. The van der Waals surface area contributed by atoms with Crippen LogP contribution in [-0.2, 0) is 24.1 Å². The number of rotatable bonds is 3. The molecule has 34 heavy (non-hydrogen) atoms. The maximum absolute atomic E-state index is 12.9. The largest absolute Gasteiger partial charge is 0.619 e. The first-order chi connectivity index (χ1) is 16.4. The van der Waals surface area contributed by atoms with Gasteiger partial charge in [0.2, 0.25) is 5.91 Å². The molecule has 0 saturated carbocycles. The Bertz CT molecular complexity index is 1230. The zero-order valence-electron chi connectivity index (χ0n) is 18.5. The molecule has 5 nitrogen and oxygen atoms in total. The van der Waals surface area contributed by atoms with E-state index in [9.17, 15) is 10.0 Å². The van der Waals surface area contributed by atoms with Crippen LogP contribution in [0, 0.1) is 11.1 Å². The van der Waals surface area contributed by atoms with Gasteiger partial charge in [-0.2, -0.15) is 4.73 Å².